The van der Waals surface area contributed by atoms with E-state index in [-0.39, 0.29) is 0 Å². The lowest BCUT2D eigenvalue weighted by Gasteiger charge is -2.10. The van der Waals surface area contributed by atoms with Crippen molar-refractivity contribution in [3.8, 4) is 6.07 Å². The zero-order valence-electron chi connectivity index (χ0n) is 7.79. The van der Waals surface area contributed by atoms with Crippen molar-refractivity contribution in [3.63, 3.8) is 0 Å². The SMILES string of the molecule is CC(NCCCC#N)c1ccsc1. The minimum atomic E-state index is 0.407. The van der Waals surface area contributed by atoms with Gasteiger partial charge in [0.2, 0.25) is 0 Å². The fraction of sp³-hybridized carbons (Fsp3) is 0.500. The number of nitrogens with one attached hydrogen (secondary N) is 1. The monoisotopic (exact) mass is 194 g/mol. The van der Waals surface area contributed by atoms with Gasteiger partial charge in [0.25, 0.3) is 0 Å². The van der Waals surface area contributed by atoms with E-state index in [0.29, 0.717) is 12.5 Å². The molecule has 1 aromatic rings. The summed E-state index contributed by atoms with van der Waals surface area (Å²) in [5, 5.41) is 16.0. The summed E-state index contributed by atoms with van der Waals surface area (Å²) < 4.78 is 0. The highest BCUT2D eigenvalue weighted by molar-refractivity contribution is 7.07. The molecule has 0 aliphatic carbocycles. The molecule has 1 atom stereocenters. The zero-order chi connectivity index (χ0) is 9.52. The van der Waals surface area contributed by atoms with E-state index in [9.17, 15) is 0 Å². The van der Waals surface area contributed by atoms with Crippen molar-refractivity contribution in [3.05, 3.63) is 22.4 Å². The van der Waals surface area contributed by atoms with Gasteiger partial charge in [-0.3, -0.25) is 0 Å². The van der Waals surface area contributed by atoms with Gasteiger partial charge in [-0.1, -0.05) is 0 Å². The third-order valence-electron chi connectivity index (χ3n) is 1.96. The minimum absolute atomic E-state index is 0.407. The lowest BCUT2D eigenvalue weighted by atomic mass is 10.2. The van der Waals surface area contributed by atoms with Gasteiger partial charge in [0.05, 0.1) is 6.07 Å². The van der Waals surface area contributed by atoms with E-state index in [1.807, 2.05) is 0 Å². The fourth-order valence-electron chi connectivity index (χ4n) is 1.13. The molecular formula is C10H14N2S. The smallest absolute Gasteiger partial charge is 0.0622 e. The minimum Gasteiger partial charge on any atom is -0.310 e. The lowest BCUT2D eigenvalue weighted by molar-refractivity contribution is 0.563. The van der Waals surface area contributed by atoms with Crippen molar-refractivity contribution in [2.24, 2.45) is 0 Å². The van der Waals surface area contributed by atoms with Gasteiger partial charge in [-0.15, -0.1) is 0 Å². The molecule has 70 valence electrons. The molecule has 1 unspecified atom stereocenters. The molecule has 0 fully saturated rings. The zero-order valence-corrected chi connectivity index (χ0v) is 8.60. The molecule has 0 spiro atoms. The predicted molar refractivity (Wildman–Crippen MR) is 55.6 cm³/mol. The fourth-order valence-corrected chi connectivity index (χ4v) is 1.88. The van der Waals surface area contributed by atoms with Crippen LogP contribution in [0.15, 0.2) is 16.8 Å². The highest BCUT2D eigenvalue weighted by atomic mass is 32.1. The van der Waals surface area contributed by atoms with E-state index in [0.717, 1.165) is 13.0 Å². The number of thiophene rings is 1. The second-order valence-corrected chi connectivity index (χ2v) is 3.77. The maximum absolute atomic E-state index is 8.34. The molecule has 3 heteroatoms. The Morgan fingerprint density at radius 2 is 2.54 bits per heavy atom. The second-order valence-electron chi connectivity index (χ2n) is 2.99. The van der Waals surface area contributed by atoms with Crippen LogP contribution in [-0.4, -0.2) is 6.54 Å². The number of unbranched alkanes of at least 4 members (excludes halogenated alkanes) is 1. The molecule has 0 amide bonds. The number of rotatable bonds is 5. The number of hydrogen-bond acceptors (Lipinski definition) is 3. The molecule has 1 aromatic heterocycles. The Kier molecular flexibility index (Phi) is 4.52. The van der Waals surface area contributed by atoms with Crippen LogP contribution < -0.4 is 5.32 Å². The van der Waals surface area contributed by atoms with Crippen LogP contribution >= 0.6 is 11.3 Å². The maximum Gasteiger partial charge on any atom is 0.0622 e. The van der Waals surface area contributed by atoms with Crippen molar-refractivity contribution in [2.75, 3.05) is 6.54 Å². The average molecular weight is 194 g/mol. The molecule has 0 saturated heterocycles. The van der Waals surface area contributed by atoms with Crippen LogP contribution in [0.5, 0.6) is 0 Å². The Morgan fingerprint density at radius 3 is 3.15 bits per heavy atom. The maximum atomic E-state index is 8.34. The van der Waals surface area contributed by atoms with Crippen molar-refractivity contribution in [1.29, 1.82) is 5.26 Å². The van der Waals surface area contributed by atoms with Gasteiger partial charge >= 0.3 is 0 Å². The van der Waals surface area contributed by atoms with Gasteiger partial charge < -0.3 is 5.32 Å². The van der Waals surface area contributed by atoms with Gasteiger partial charge in [0, 0.05) is 12.5 Å². The number of nitrogens with zero attached hydrogens (tertiary/aromatic N) is 1. The van der Waals surface area contributed by atoms with Crippen LogP contribution in [0.3, 0.4) is 0 Å². The van der Waals surface area contributed by atoms with E-state index in [2.05, 4.69) is 35.1 Å². The first-order valence-corrected chi connectivity index (χ1v) is 5.41. The summed E-state index contributed by atoms with van der Waals surface area (Å²) in [6, 6.07) is 4.68. The second kappa shape index (κ2) is 5.74. The Labute approximate surface area is 83.2 Å². The Bertz CT molecular complexity index is 261. The summed E-state index contributed by atoms with van der Waals surface area (Å²) in [5.41, 5.74) is 1.34. The largest absolute Gasteiger partial charge is 0.310 e. The standard InChI is InChI=1S/C10H14N2S/c1-9(10-4-7-13-8-10)12-6-3-2-5-11/h4,7-9,12H,2-3,6H2,1H3. The molecule has 0 aliphatic rings. The third-order valence-corrected chi connectivity index (χ3v) is 2.66. The molecule has 0 saturated carbocycles. The molecule has 0 bridgehead atoms. The van der Waals surface area contributed by atoms with E-state index in [1.165, 1.54) is 5.56 Å². The molecule has 1 N–H and O–H groups in total. The van der Waals surface area contributed by atoms with Crippen LogP contribution in [0, 0.1) is 11.3 Å². The van der Waals surface area contributed by atoms with Crippen LogP contribution in [0.1, 0.15) is 31.4 Å². The van der Waals surface area contributed by atoms with Gasteiger partial charge in [-0.2, -0.15) is 16.6 Å². The van der Waals surface area contributed by atoms with Crippen LogP contribution in [0.25, 0.3) is 0 Å². The first-order valence-electron chi connectivity index (χ1n) is 4.47. The number of nitriles is 1. The summed E-state index contributed by atoms with van der Waals surface area (Å²) >= 11 is 1.72. The molecule has 1 rings (SSSR count). The van der Waals surface area contributed by atoms with Crippen molar-refractivity contribution >= 4 is 11.3 Å². The normalized spacial score (nSPS) is 12.3. The highest BCUT2D eigenvalue weighted by Crippen LogP contribution is 2.15. The number of hydrogen-bond donors (Lipinski definition) is 1. The summed E-state index contributed by atoms with van der Waals surface area (Å²) in [4.78, 5) is 0. The first kappa shape index (κ1) is 10.2. The molecule has 0 aliphatic heterocycles. The van der Waals surface area contributed by atoms with Crippen LogP contribution in [0.2, 0.25) is 0 Å². The molecule has 2 nitrogen and oxygen atoms in total. The van der Waals surface area contributed by atoms with Gasteiger partial charge in [0.1, 0.15) is 0 Å². The Balaban J connectivity index is 2.19. The van der Waals surface area contributed by atoms with Gasteiger partial charge in [-0.05, 0) is 42.3 Å². The lowest BCUT2D eigenvalue weighted by Crippen LogP contribution is -2.19. The molecular weight excluding hydrogens is 180 g/mol. The molecule has 13 heavy (non-hydrogen) atoms. The third kappa shape index (κ3) is 3.58. The summed E-state index contributed by atoms with van der Waals surface area (Å²) in [6.07, 6.45) is 1.58. The Hall–Kier alpha value is -0.850. The van der Waals surface area contributed by atoms with Crippen molar-refractivity contribution in [1.82, 2.24) is 5.32 Å². The summed E-state index contributed by atoms with van der Waals surface area (Å²) in [5.74, 6) is 0. The average Bonchev–Trinajstić information content (AvgIpc) is 2.65. The molecule has 0 radical (unpaired) electrons. The molecule has 1 heterocycles. The van der Waals surface area contributed by atoms with Crippen molar-refractivity contribution < 1.29 is 0 Å². The topological polar surface area (TPSA) is 35.8 Å². The predicted octanol–water partition coefficient (Wildman–Crippen LogP) is 2.70. The summed E-state index contributed by atoms with van der Waals surface area (Å²) in [6.45, 7) is 3.07. The van der Waals surface area contributed by atoms with Crippen LogP contribution in [-0.2, 0) is 0 Å². The van der Waals surface area contributed by atoms with Gasteiger partial charge in [-0.25, -0.2) is 0 Å². The Morgan fingerprint density at radius 1 is 1.69 bits per heavy atom. The van der Waals surface area contributed by atoms with E-state index < -0.39 is 0 Å². The van der Waals surface area contributed by atoms with Crippen molar-refractivity contribution in [2.45, 2.75) is 25.8 Å². The quantitative estimate of drug-likeness (QED) is 0.731. The van der Waals surface area contributed by atoms with E-state index in [4.69, 9.17) is 5.26 Å². The van der Waals surface area contributed by atoms with Gasteiger partial charge in [0.15, 0.2) is 0 Å². The summed E-state index contributed by atoms with van der Waals surface area (Å²) in [7, 11) is 0. The molecule has 0 aromatic carbocycles. The highest BCUT2D eigenvalue weighted by Gasteiger charge is 2.03. The first-order chi connectivity index (χ1) is 6.34. The van der Waals surface area contributed by atoms with E-state index in [1.54, 1.807) is 11.3 Å². The van der Waals surface area contributed by atoms with E-state index >= 15 is 0 Å². The van der Waals surface area contributed by atoms with Crippen LogP contribution in [0.4, 0.5) is 0 Å².